The van der Waals surface area contributed by atoms with Crippen molar-refractivity contribution in [3.8, 4) is 0 Å². The van der Waals surface area contributed by atoms with Crippen LogP contribution in [0.4, 0.5) is 0 Å². The van der Waals surface area contributed by atoms with E-state index in [9.17, 15) is 9.59 Å². The van der Waals surface area contributed by atoms with Gasteiger partial charge in [-0.25, -0.2) is 0 Å². The van der Waals surface area contributed by atoms with Gasteiger partial charge in [-0.3, -0.25) is 19.5 Å². The van der Waals surface area contributed by atoms with Crippen molar-refractivity contribution in [2.75, 3.05) is 39.4 Å². The van der Waals surface area contributed by atoms with E-state index in [1.807, 2.05) is 23.6 Å². The predicted octanol–water partition coefficient (Wildman–Crippen LogP) is 1.88. The standard InChI is InChI=1S/C21H24N4O3S/c1-15-17(20(26)22-5-7-24-8-10-28-11-9-24)13-18-19(23-15)4-6-25(21(18)27)14-16-3-2-12-29-16/h2-4,6,12-13H,5,7-11,14H2,1H3,(H,22,26). The van der Waals surface area contributed by atoms with Crippen molar-refractivity contribution in [2.24, 2.45) is 0 Å². The van der Waals surface area contributed by atoms with Crippen LogP contribution in [0, 0.1) is 6.92 Å². The van der Waals surface area contributed by atoms with Crippen LogP contribution in [0.5, 0.6) is 0 Å². The van der Waals surface area contributed by atoms with Crippen molar-refractivity contribution < 1.29 is 9.53 Å². The topological polar surface area (TPSA) is 76.5 Å². The molecule has 0 atom stereocenters. The summed E-state index contributed by atoms with van der Waals surface area (Å²) in [7, 11) is 0. The summed E-state index contributed by atoms with van der Waals surface area (Å²) in [5.74, 6) is -0.196. The van der Waals surface area contributed by atoms with Crippen LogP contribution in [0.15, 0.2) is 40.6 Å². The van der Waals surface area contributed by atoms with Crippen LogP contribution < -0.4 is 10.9 Å². The molecule has 29 heavy (non-hydrogen) atoms. The zero-order valence-electron chi connectivity index (χ0n) is 16.4. The third-order valence-electron chi connectivity index (χ3n) is 5.11. The van der Waals surface area contributed by atoms with Crippen molar-refractivity contribution in [3.05, 3.63) is 62.3 Å². The average molecular weight is 413 g/mol. The Bertz CT molecular complexity index is 1060. The van der Waals surface area contributed by atoms with Gasteiger partial charge in [-0.2, -0.15) is 0 Å². The number of aromatic nitrogens is 2. The highest BCUT2D eigenvalue weighted by atomic mass is 32.1. The van der Waals surface area contributed by atoms with Crippen molar-refractivity contribution in [3.63, 3.8) is 0 Å². The van der Waals surface area contributed by atoms with E-state index in [0.29, 0.717) is 35.2 Å². The van der Waals surface area contributed by atoms with Crippen molar-refractivity contribution >= 4 is 28.1 Å². The number of fused-ring (bicyclic) bond motifs is 1. The van der Waals surface area contributed by atoms with Crippen molar-refractivity contribution in [2.45, 2.75) is 13.5 Å². The molecule has 0 bridgehead atoms. The number of pyridine rings is 2. The van der Waals surface area contributed by atoms with E-state index < -0.39 is 0 Å². The first-order chi connectivity index (χ1) is 14.1. The lowest BCUT2D eigenvalue weighted by Gasteiger charge is -2.26. The highest BCUT2D eigenvalue weighted by Gasteiger charge is 2.15. The number of morpholine rings is 1. The molecule has 8 heteroatoms. The number of rotatable bonds is 6. The fourth-order valence-corrected chi connectivity index (χ4v) is 4.18. The Labute approximate surface area is 172 Å². The Hall–Kier alpha value is -2.55. The molecule has 1 fully saturated rings. The monoisotopic (exact) mass is 412 g/mol. The third-order valence-corrected chi connectivity index (χ3v) is 5.98. The molecule has 0 aliphatic carbocycles. The molecule has 0 spiro atoms. The summed E-state index contributed by atoms with van der Waals surface area (Å²) in [5.41, 5.74) is 1.55. The van der Waals surface area contributed by atoms with Gasteiger partial charge in [0, 0.05) is 37.3 Å². The van der Waals surface area contributed by atoms with Gasteiger partial charge in [0.2, 0.25) is 0 Å². The second kappa shape index (κ2) is 8.86. The SMILES string of the molecule is Cc1nc2ccn(Cc3cccs3)c(=O)c2cc1C(=O)NCCN1CCOCC1. The number of carbonyl (C=O) groups is 1. The molecule has 4 heterocycles. The normalized spacial score (nSPS) is 14.9. The summed E-state index contributed by atoms with van der Waals surface area (Å²) in [6, 6.07) is 7.48. The van der Waals surface area contributed by atoms with E-state index in [1.54, 1.807) is 35.1 Å². The number of nitrogens with zero attached hydrogens (tertiary/aromatic N) is 3. The van der Waals surface area contributed by atoms with E-state index in [4.69, 9.17) is 4.74 Å². The second-order valence-corrected chi connectivity index (χ2v) is 8.12. The second-order valence-electron chi connectivity index (χ2n) is 7.09. The minimum Gasteiger partial charge on any atom is -0.379 e. The molecule has 1 amide bonds. The Kier molecular flexibility index (Phi) is 6.03. The van der Waals surface area contributed by atoms with E-state index in [-0.39, 0.29) is 11.5 Å². The number of hydrogen-bond donors (Lipinski definition) is 1. The van der Waals surface area contributed by atoms with Gasteiger partial charge in [-0.1, -0.05) is 6.07 Å². The number of nitrogens with one attached hydrogen (secondary N) is 1. The summed E-state index contributed by atoms with van der Waals surface area (Å²) >= 11 is 1.61. The summed E-state index contributed by atoms with van der Waals surface area (Å²) in [4.78, 5) is 33.5. The number of hydrogen-bond acceptors (Lipinski definition) is 6. The van der Waals surface area contributed by atoms with Gasteiger partial charge < -0.3 is 14.6 Å². The van der Waals surface area contributed by atoms with Gasteiger partial charge in [0.05, 0.1) is 41.9 Å². The van der Waals surface area contributed by atoms with Gasteiger partial charge in [0.1, 0.15) is 0 Å². The fraction of sp³-hybridized carbons (Fsp3) is 0.381. The molecule has 7 nitrogen and oxygen atoms in total. The van der Waals surface area contributed by atoms with Gasteiger partial charge in [-0.15, -0.1) is 11.3 Å². The van der Waals surface area contributed by atoms with E-state index in [1.165, 1.54) is 0 Å². The minimum atomic E-state index is -0.196. The van der Waals surface area contributed by atoms with E-state index >= 15 is 0 Å². The molecular formula is C21H24N4O3S. The molecule has 3 aromatic heterocycles. The molecule has 152 valence electrons. The first-order valence-electron chi connectivity index (χ1n) is 9.73. The number of carbonyl (C=O) groups excluding carboxylic acids is 1. The highest BCUT2D eigenvalue weighted by Crippen LogP contribution is 2.15. The van der Waals surface area contributed by atoms with E-state index in [2.05, 4.69) is 15.2 Å². The molecule has 1 N–H and O–H groups in total. The van der Waals surface area contributed by atoms with E-state index in [0.717, 1.165) is 37.7 Å². The number of aryl methyl sites for hydroxylation is 1. The molecule has 0 saturated carbocycles. The molecule has 3 aromatic rings. The third kappa shape index (κ3) is 4.55. The van der Waals surface area contributed by atoms with Crippen molar-refractivity contribution in [1.82, 2.24) is 19.8 Å². The molecular weight excluding hydrogens is 388 g/mol. The Morgan fingerprint density at radius 1 is 1.31 bits per heavy atom. The van der Waals surface area contributed by atoms with Crippen LogP contribution in [-0.4, -0.2) is 59.8 Å². The maximum atomic E-state index is 12.9. The summed E-state index contributed by atoms with van der Waals surface area (Å²) in [5, 5.41) is 5.41. The minimum absolute atomic E-state index is 0.134. The lowest BCUT2D eigenvalue weighted by Crippen LogP contribution is -2.41. The molecule has 1 saturated heterocycles. The quantitative estimate of drug-likeness (QED) is 0.669. The smallest absolute Gasteiger partial charge is 0.260 e. The summed E-state index contributed by atoms with van der Waals surface area (Å²) < 4.78 is 7.00. The molecule has 0 aromatic carbocycles. The molecule has 1 aliphatic heterocycles. The van der Waals surface area contributed by atoms with Crippen LogP contribution >= 0.6 is 11.3 Å². The maximum Gasteiger partial charge on any atom is 0.260 e. The number of amides is 1. The lowest BCUT2D eigenvalue weighted by atomic mass is 10.1. The largest absolute Gasteiger partial charge is 0.379 e. The summed E-state index contributed by atoms with van der Waals surface area (Å²) in [6.07, 6.45) is 1.76. The van der Waals surface area contributed by atoms with Gasteiger partial charge >= 0.3 is 0 Å². The Morgan fingerprint density at radius 2 is 2.14 bits per heavy atom. The lowest BCUT2D eigenvalue weighted by molar-refractivity contribution is 0.0383. The van der Waals surface area contributed by atoms with Gasteiger partial charge in [0.25, 0.3) is 11.5 Å². The number of ether oxygens (including phenoxy) is 1. The fourth-order valence-electron chi connectivity index (χ4n) is 3.48. The predicted molar refractivity (Wildman–Crippen MR) is 114 cm³/mol. The highest BCUT2D eigenvalue weighted by molar-refractivity contribution is 7.09. The Balaban J connectivity index is 1.52. The zero-order chi connectivity index (χ0) is 20.2. The van der Waals surface area contributed by atoms with Crippen LogP contribution in [-0.2, 0) is 11.3 Å². The van der Waals surface area contributed by atoms with Gasteiger partial charge in [0.15, 0.2) is 0 Å². The van der Waals surface area contributed by atoms with Crippen LogP contribution in [0.25, 0.3) is 10.9 Å². The molecule has 0 unspecified atom stereocenters. The van der Waals surface area contributed by atoms with Crippen molar-refractivity contribution in [1.29, 1.82) is 0 Å². The maximum absolute atomic E-state index is 12.9. The van der Waals surface area contributed by atoms with Crippen LogP contribution in [0.1, 0.15) is 20.9 Å². The van der Waals surface area contributed by atoms with Crippen LogP contribution in [0.3, 0.4) is 0 Å². The molecule has 0 radical (unpaired) electrons. The summed E-state index contributed by atoms with van der Waals surface area (Å²) in [6.45, 7) is 6.89. The van der Waals surface area contributed by atoms with Gasteiger partial charge in [-0.05, 0) is 30.5 Å². The number of thiophene rings is 1. The van der Waals surface area contributed by atoms with Crippen LogP contribution in [0.2, 0.25) is 0 Å². The zero-order valence-corrected chi connectivity index (χ0v) is 17.2. The Morgan fingerprint density at radius 3 is 2.90 bits per heavy atom. The average Bonchev–Trinajstić information content (AvgIpc) is 3.24. The first-order valence-corrected chi connectivity index (χ1v) is 10.6. The molecule has 4 rings (SSSR count). The molecule has 1 aliphatic rings. The first kappa shape index (κ1) is 19.8.